The minimum atomic E-state index is -0.247. The van der Waals surface area contributed by atoms with Crippen LogP contribution < -0.4 is 10.6 Å². The molecule has 1 saturated heterocycles. The van der Waals surface area contributed by atoms with Crippen LogP contribution in [0.1, 0.15) is 81.6 Å². The third-order valence-corrected chi connectivity index (χ3v) is 6.55. The highest BCUT2D eigenvalue weighted by atomic mass is 16.2. The Kier molecular flexibility index (Phi) is 7.74. The van der Waals surface area contributed by atoms with Crippen LogP contribution in [0.2, 0.25) is 0 Å². The molecule has 0 radical (unpaired) electrons. The van der Waals surface area contributed by atoms with E-state index in [2.05, 4.69) is 31.4 Å². The van der Waals surface area contributed by atoms with Crippen molar-refractivity contribution in [3.8, 4) is 0 Å². The maximum atomic E-state index is 12.7. The Morgan fingerprint density at radius 1 is 0.935 bits per heavy atom. The maximum Gasteiger partial charge on any atom is 0.251 e. The van der Waals surface area contributed by atoms with Gasteiger partial charge in [0.15, 0.2) is 0 Å². The number of hydrogen-bond donors (Lipinski definition) is 2. The highest BCUT2D eigenvalue weighted by molar-refractivity contribution is 5.96. The first kappa shape index (κ1) is 23.3. The number of carbonyl (C=O) groups excluding carboxylic acids is 3. The van der Waals surface area contributed by atoms with E-state index in [9.17, 15) is 14.4 Å². The summed E-state index contributed by atoms with van der Waals surface area (Å²) < 4.78 is 0. The SMILES string of the molecule is CC(C)(C)c1ccc(C(=O)NCC(=O)NC2CCN(C(=O)C3CCCCC3)CC2)cc1. The average Bonchev–Trinajstić information content (AvgIpc) is 2.77. The molecule has 0 spiro atoms. The first-order valence-corrected chi connectivity index (χ1v) is 11.7. The van der Waals surface area contributed by atoms with Gasteiger partial charge in [-0.3, -0.25) is 14.4 Å². The Labute approximate surface area is 186 Å². The maximum absolute atomic E-state index is 12.7. The number of rotatable bonds is 5. The molecule has 1 aliphatic heterocycles. The minimum Gasteiger partial charge on any atom is -0.352 e. The Morgan fingerprint density at radius 2 is 1.55 bits per heavy atom. The monoisotopic (exact) mass is 427 g/mol. The molecule has 1 aliphatic carbocycles. The smallest absolute Gasteiger partial charge is 0.251 e. The Balaban J connectivity index is 1.38. The quantitative estimate of drug-likeness (QED) is 0.756. The number of hydrogen-bond acceptors (Lipinski definition) is 3. The molecule has 0 unspecified atom stereocenters. The third-order valence-electron chi connectivity index (χ3n) is 6.55. The van der Waals surface area contributed by atoms with Gasteiger partial charge in [-0.05, 0) is 48.8 Å². The zero-order valence-corrected chi connectivity index (χ0v) is 19.2. The minimum absolute atomic E-state index is 0.0332. The fraction of sp³-hybridized carbons (Fsp3) is 0.640. The van der Waals surface area contributed by atoms with Crippen molar-refractivity contribution < 1.29 is 14.4 Å². The summed E-state index contributed by atoms with van der Waals surface area (Å²) in [5, 5.41) is 5.70. The zero-order chi connectivity index (χ0) is 22.4. The zero-order valence-electron chi connectivity index (χ0n) is 19.2. The summed E-state index contributed by atoms with van der Waals surface area (Å²) in [6.07, 6.45) is 7.16. The molecule has 31 heavy (non-hydrogen) atoms. The van der Waals surface area contributed by atoms with E-state index < -0.39 is 0 Å². The van der Waals surface area contributed by atoms with Gasteiger partial charge in [0.1, 0.15) is 0 Å². The molecule has 6 heteroatoms. The van der Waals surface area contributed by atoms with E-state index in [-0.39, 0.29) is 35.7 Å². The van der Waals surface area contributed by atoms with E-state index in [1.54, 1.807) is 12.1 Å². The standard InChI is InChI=1S/C25H37N3O3/c1-25(2,3)20-11-9-18(10-12-20)23(30)26-17-22(29)27-21-13-15-28(16-14-21)24(31)19-7-5-4-6-8-19/h9-12,19,21H,4-8,13-17H2,1-3H3,(H,26,30)(H,27,29). The van der Waals surface area contributed by atoms with Gasteiger partial charge in [0.05, 0.1) is 6.54 Å². The predicted octanol–water partition coefficient (Wildman–Crippen LogP) is 3.40. The molecule has 1 aromatic carbocycles. The van der Waals surface area contributed by atoms with E-state index in [1.807, 2.05) is 17.0 Å². The van der Waals surface area contributed by atoms with Gasteiger partial charge in [-0.1, -0.05) is 52.2 Å². The second kappa shape index (κ2) is 10.3. The molecule has 2 N–H and O–H groups in total. The van der Waals surface area contributed by atoms with Gasteiger partial charge in [0.25, 0.3) is 5.91 Å². The van der Waals surface area contributed by atoms with Crippen molar-refractivity contribution in [1.82, 2.24) is 15.5 Å². The van der Waals surface area contributed by atoms with Crippen LogP contribution in [0.15, 0.2) is 24.3 Å². The summed E-state index contributed by atoms with van der Waals surface area (Å²) in [5.74, 6) is 0.0713. The van der Waals surface area contributed by atoms with Crippen LogP contribution >= 0.6 is 0 Å². The van der Waals surface area contributed by atoms with Gasteiger partial charge < -0.3 is 15.5 Å². The fourth-order valence-electron chi connectivity index (χ4n) is 4.51. The Hall–Kier alpha value is -2.37. The van der Waals surface area contributed by atoms with E-state index in [4.69, 9.17) is 0 Å². The number of benzene rings is 1. The van der Waals surface area contributed by atoms with Gasteiger partial charge >= 0.3 is 0 Å². The largest absolute Gasteiger partial charge is 0.352 e. The molecule has 1 heterocycles. The Bertz CT molecular complexity index is 768. The average molecular weight is 428 g/mol. The molecule has 0 bridgehead atoms. The second-order valence-electron chi connectivity index (χ2n) is 10.0. The van der Waals surface area contributed by atoms with Crippen LogP contribution in [0.4, 0.5) is 0 Å². The van der Waals surface area contributed by atoms with Crippen molar-refractivity contribution >= 4 is 17.7 Å². The van der Waals surface area contributed by atoms with Crippen LogP contribution in [-0.4, -0.2) is 48.3 Å². The van der Waals surface area contributed by atoms with Gasteiger partial charge in [-0.15, -0.1) is 0 Å². The molecule has 6 nitrogen and oxygen atoms in total. The summed E-state index contributed by atoms with van der Waals surface area (Å²) in [5.41, 5.74) is 1.75. The first-order valence-electron chi connectivity index (χ1n) is 11.7. The van der Waals surface area contributed by atoms with Crippen LogP contribution in [0.25, 0.3) is 0 Å². The van der Waals surface area contributed by atoms with Crippen molar-refractivity contribution in [2.45, 2.75) is 77.2 Å². The lowest BCUT2D eigenvalue weighted by Crippen LogP contribution is -2.49. The van der Waals surface area contributed by atoms with Crippen molar-refractivity contribution in [2.24, 2.45) is 5.92 Å². The summed E-state index contributed by atoms with van der Waals surface area (Å²) in [6, 6.07) is 7.57. The molecule has 2 aliphatic rings. The molecule has 0 atom stereocenters. The highest BCUT2D eigenvalue weighted by Gasteiger charge is 2.29. The van der Waals surface area contributed by atoms with Crippen molar-refractivity contribution in [2.75, 3.05) is 19.6 Å². The number of nitrogens with one attached hydrogen (secondary N) is 2. The van der Waals surface area contributed by atoms with Gasteiger partial charge in [0.2, 0.25) is 11.8 Å². The van der Waals surface area contributed by atoms with Gasteiger partial charge in [-0.25, -0.2) is 0 Å². The van der Waals surface area contributed by atoms with Gasteiger partial charge in [0, 0.05) is 30.6 Å². The number of amides is 3. The third kappa shape index (κ3) is 6.55. The molecule has 2 fully saturated rings. The number of nitrogens with zero attached hydrogens (tertiary/aromatic N) is 1. The second-order valence-corrected chi connectivity index (χ2v) is 10.0. The topological polar surface area (TPSA) is 78.5 Å². The molecular formula is C25H37N3O3. The lowest BCUT2D eigenvalue weighted by atomic mass is 9.87. The van der Waals surface area contributed by atoms with E-state index >= 15 is 0 Å². The van der Waals surface area contributed by atoms with Crippen molar-refractivity contribution in [1.29, 1.82) is 0 Å². The lowest BCUT2D eigenvalue weighted by molar-refractivity contribution is -0.137. The van der Waals surface area contributed by atoms with Crippen LogP contribution in [0.5, 0.6) is 0 Å². The summed E-state index contributed by atoms with van der Waals surface area (Å²) in [4.78, 5) is 39.3. The molecule has 3 rings (SSSR count). The van der Waals surface area contributed by atoms with Crippen molar-refractivity contribution in [3.05, 3.63) is 35.4 Å². The fourth-order valence-corrected chi connectivity index (χ4v) is 4.51. The number of carbonyl (C=O) groups is 3. The number of likely N-dealkylation sites (tertiary alicyclic amines) is 1. The summed E-state index contributed by atoms with van der Waals surface area (Å²) in [6.45, 7) is 7.75. The molecular weight excluding hydrogens is 390 g/mol. The molecule has 3 amide bonds. The Morgan fingerprint density at radius 3 is 2.13 bits per heavy atom. The van der Waals surface area contributed by atoms with Crippen molar-refractivity contribution in [3.63, 3.8) is 0 Å². The van der Waals surface area contributed by atoms with E-state index in [1.165, 1.54) is 6.42 Å². The van der Waals surface area contributed by atoms with E-state index in [0.717, 1.165) is 44.1 Å². The first-order chi connectivity index (χ1) is 14.7. The molecule has 170 valence electrons. The summed E-state index contributed by atoms with van der Waals surface area (Å²) >= 11 is 0. The lowest BCUT2D eigenvalue weighted by Gasteiger charge is -2.35. The highest BCUT2D eigenvalue weighted by Crippen LogP contribution is 2.26. The van der Waals surface area contributed by atoms with Crippen LogP contribution in [0.3, 0.4) is 0 Å². The van der Waals surface area contributed by atoms with E-state index in [0.29, 0.717) is 24.6 Å². The molecule has 0 aromatic heterocycles. The predicted molar refractivity (Wildman–Crippen MR) is 122 cm³/mol. The number of piperidine rings is 1. The van der Waals surface area contributed by atoms with Gasteiger partial charge in [-0.2, -0.15) is 0 Å². The molecule has 1 saturated carbocycles. The normalized spacial score (nSPS) is 18.5. The molecule has 1 aromatic rings. The van der Waals surface area contributed by atoms with Crippen LogP contribution in [0, 0.1) is 5.92 Å². The van der Waals surface area contributed by atoms with Crippen LogP contribution in [-0.2, 0) is 15.0 Å². The summed E-state index contributed by atoms with van der Waals surface area (Å²) in [7, 11) is 0.